The lowest BCUT2D eigenvalue weighted by molar-refractivity contribution is -0.126. The van der Waals surface area contributed by atoms with Gasteiger partial charge < -0.3 is 9.64 Å². The molecule has 1 amide bonds. The van der Waals surface area contributed by atoms with Crippen LogP contribution in [0.2, 0.25) is 0 Å². The van der Waals surface area contributed by atoms with E-state index in [0.717, 1.165) is 22.6 Å². The largest absolute Gasteiger partial charge is 0.478 e. The van der Waals surface area contributed by atoms with E-state index in [1.54, 1.807) is 0 Å². The zero-order chi connectivity index (χ0) is 17.1. The summed E-state index contributed by atoms with van der Waals surface area (Å²) < 4.78 is 6.02. The normalized spacial score (nSPS) is 16.2. The highest BCUT2D eigenvalue weighted by Gasteiger charge is 2.34. The van der Waals surface area contributed by atoms with Gasteiger partial charge in [-0.3, -0.25) is 4.79 Å². The topological polar surface area (TPSA) is 29.5 Å². The van der Waals surface area contributed by atoms with Crippen LogP contribution in [0.1, 0.15) is 11.1 Å². The van der Waals surface area contributed by atoms with E-state index in [9.17, 15) is 4.79 Å². The van der Waals surface area contributed by atoms with Crippen molar-refractivity contribution >= 4 is 11.6 Å². The third kappa shape index (κ3) is 3.26. The van der Waals surface area contributed by atoms with Gasteiger partial charge in [-0.05, 0) is 23.3 Å². The van der Waals surface area contributed by atoms with Gasteiger partial charge in [-0.15, -0.1) is 0 Å². The van der Waals surface area contributed by atoms with E-state index >= 15 is 0 Å². The number of carbonyl (C=O) groups excluding carboxylic acids is 1. The van der Waals surface area contributed by atoms with Crippen LogP contribution < -0.4 is 9.64 Å². The fraction of sp³-hybridized carbons (Fsp3) is 0.136. The summed E-state index contributed by atoms with van der Waals surface area (Å²) in [5.41, 5.74) is 3.03. The molecule has 0 aliphatic carbocycles. The molecule has 3 aromatic rings. The number of hydrogen-bond acceptors (Lipinski definition) is 2. The van der Waals surface area contributed by atoms with Crippen molar-refractivity contribution in [3.05, 3.63) is 96.1 Å². The molecule has 3 nitrogen and oxygen atoms in total. The number of amides is 1. The van der Waals surface area contributed by atoms with E-state index < -0.39 is 6.10 Å². The second-order valence-corrected chi connectivity index (χ2v) is 6.17. The SMILES string of the molecule is O=C1[C@H](Cc2ccccc2)Oc2ccccc2N1Cc1ccccc1. The number of hydrogen-bond donors (Lipinski definition) is 0. The van der Waals surface area contributed by atoms with Gasteiger partial charge in [0.2, 0.25) is 0 Å². The Balaban J connectivity index is 1.65. The van der Waals surface area contributed by atoms with Crippen LogP contribution in [0.25, 0.3) is 0 Å². The number of carbonyl (C=O) groups is 1. The van der Waals surface area contributed by atoms with Gasteiger partial charge in [-0.2, -0.15) is 0 Å². The molecule has 3 heteroatoms. The minimum Gasteiger partial charge on any atom is -0.478 e. The lowest BCUT2D eigenvalue weighted by Gasteiger charge is -2.34. The predicted molar refractivity (Wildman–Crippen MR) is 98.6 cm³/mol. The van der Waals surface area contributed by atoms with E-state index in [2.05, 4.69) is 0 Å². The molecule has 0 unspecified atom stereocenters. The van der Waals surface area contributed by atoms with E-state index in [1.807, 2.05) is 89.8 Å². The van der Waals surface area contributed by atoms with Crippen molar-refractivity contribution in [1.82, 2.24) is 0 Å². The molecule has 1 atom stereocenters. The van der Waals surface area contributed by atoms with Gasteiger partial charge >= 0.3 is 0 Å². The Bertz CT molecular complexity index is 861. The van der Waals surface area contributed by atoms with Gasteiger partial charge in [0.25, 0.3) is 5.91 Å². The maximum atomic E-state index is 13.1. The first-order chi connectivity index (χ1) is 12.3. The molecular formula is C22H19NO2. The Labute approximate surface area is 147 Å². The zero-order valence-electron chi connectivity index (χ0n) is 13.8. The Morgan fingerprint density at radius 1 is 0.760 bits per heavy atom. The summed E-state index contributed by atoms with van der Waals surface area (Å²) in [4.78, 5) is 14.9. The molecule has 1 aliphatic rings. The van der Waals surface area contributed by atoms with E-state index in [0.29, 0.717) is 13.0 Å². The molecule has 0 saturated heterocycles. The molecule has 25 heavy (non-hydrogen) atoms. The van der Waals surface area contributed by atoms with Crippen molar-refractivity contribution < 1.29 is 9.53 Å². The van der Waals surface area contributed by atoms with Crippen LogP contribution in [0.15, 0.2) is 84.9 Å². The smallest absolute Gasteiger partial charge is 0.268 e. The number of anilines is 1. The standard InChI is InChI=1S/C22H19NO2/c24-22-21(15-17-9-3-1-4-10-17)25-20-14-8-7-13-19(20)23(22)16-18-11-5-2-6-12-18/h1-14,21H,15-16H2/t21-/m0/s1. The zero-order valence-corrected chi connectivity index (χ0v) is 13.8. The van der Waals surface area contributed by atoms with Crippen molar-refractivity contribution in [2.45, 2.75) is 19.1 Å². The van der Waals surface area contributed by atoms with Gasteiger partial charge in [0.1, 0.15) is 5.75 Å². The first-order valence-electron chi connectivity index (χ1n) is 8.46. The number of nitrogens with zero attached hydrogens (tertiary/aromatic N) is 1. The number of para-hydroxylation sites is 2. The highest BCUT2D eigenvalue weighted by Crippen LogP contribution is 2.35. The number of rotatable bonds is 4. The van der Waals surface area contributed by atoms with Crippen LogP contribution in [0, 0.1) is 0 Å². The van der Waals surface area contributed by atoms with Crippen molar-refractivity contribution in [2.24, 2.45) is 0 Å². The average molecular weight is 329 g/mol. The van der Waals surface area contributed by atoms with Gasteiger partial charge in [-0.25, -0.2) is 0 Å². The highest BCUT2D eigenvalue weighted by atomic mass is 16.5. The fourth-order valence-corrected chi connectivity index (χ4v) is 3.16. The third-order valence-corrected chi connectivity index (χ3v) is 4.41. The van der Waals surface area contributed by atoms with Gasteiger partial charge in [0.15, 0.2) is 6.10 Å². The molecule has 1 heterocycles. The summed E-state index contributed by atoms with van der Waals surface area (Å²) in [6.07, 6.45) is 0.0697. The fourth-order valence-electron chi connectivity index (χ4n) is 3.16. The van der Waals surface area contributed by atoms with Crippen molar-refractivity contribution in [1.29, 1.82) is 0 Å². The summed E-state index contributed by atoms with van der Waals surface area (Å²) in [5.74, 6) is 0.769. The highest BCUT2D eigenvalue weighted by molar-refractivity contribution is 6.00. The first kappa shape index (κ1) is 15.5. The molecule has 3 aromatic carbocycles. The molecule has 0 radical (unpaired) electrons. The molecular weight excluding hydrogens is 310 g/mol. The summed E-state index contributed by atoms with van der Waals surface area (Å²) in [7, 11) is 0. The number of benzene rings is 3. The Hall–Kier alpha value is -3.07. The van der Waals surface area contributed by atoms with E-state index in [4.69, 9.17) is 4.74 Å². The molecule has 0 fully saturated rings. The molecule has 0 aromatic heterocycles. The first-order valence-corrected chi connectivity index (χ1v) is 8.46. The lowest BCUT2D eigenvalue weighted by Crippen LogP contribution is -2.46. The Morgan fingerprint density at radius 2 is 1.36 bits per heavy atom. The third-order valence-electron chi connectivity index (χ3n) is 4.41. The average Bonchev–Trinajstić information content (AvgIpc) is 2.67. The second kappa shape index (κ2) is 6.81. The van der Waals surface area contributed by atoms with Gasteiger partial charge in [-0.1, -0.05) is 72.8 Å². The van der Waals surface area contributed by atoms with Crippen LogP contribution in [0.4, 0.5) is 5.69 Å². The Kier molecular flexibility index (Phi) is 4.21. The van der Waals surface area contributed by atoms with E-state index in [-0.39, 0.29) is 5.91 Å². The van der Waals surface area contributed by atoms with Crippen LogP contribution in [-0.2, 0) is 17.8 Å². The van der Waals surface area contributed by atoms with Crippen LogP contribution in [-0.4, -0.2) is 12.0 Å². The van der Waals surface area contributed by atoms with Gasteiger partial charge in [0, 0.05) is 6.42 Å². The van der Waals surface area contributed by atoms with Crippen molar-refractivity contribution in [3.8, 4) is 5.75 Å². The van der Waals surface area contributed by atoms with Crippen molar-refractivity contribution in [3.63, 3.8) is 0 Å². The molecule has 0 bridgehead atoms. The summed E-state index contributed by atoms with van der Waals surface area (Å²) in [6.45, 7) is 0.547. The maximum Gasteiger partial charge on any atom is 0.268 e. The van der Waals surface area contributed by atoms with Gasteiger partial charge in [0.05, 0.1) is 12.2 Å². The Morgan fingerprint density at radius 3 is 2.08 bits per heavy atom. The number of fused-ring (bicyclic) bond motifs is 1. The quantitative estimate of drug-likeness (QED) is 0.717. The summed E-state index contributed by atoms with van der Waals surface area (Å²) >= 11 is 0. The number of ether oxygens (including phenoxy) is 1. The van der Waals surface area contributed by atoms with Crippen LogP contribution in [0.5, 0.6) is 5.75 Å². The molecule has 124 valence electrons. The van der Waals surface area contributed by atoms with Crippen LogP contribution >= 0.6 is 0 Å². The monoisotopic (exact) mass is 329 g/mol. The minimum atomic E-state index is -0.499. The van der Waals surface area contributed by atoms with E-state index in [1.165, 1.54) is 0 Å². The molecule has 1 aliphatic heterocycles. The second-order valence-electron chi connectivity index (χ2n) is 6.17. The summed E-state index contributed by atoms with van der Waals surface area (Å²) in [6, 6.07) is 27.8. The maximum absolute atomic E-state index is 13.1. The van der Waals surface area contributed by atoms with Crippen LogP contribution in [0.3, 0.4) is 0 Å². The minimum absolute atomic E-state index is 0.00593. The lowest BCUT2D eigenvalue weighted by atomic mass is 10.0. The van der Waals surface area contributed by atoms with Crippen molar-refractivity contribution in [2.75, 3.05) is 4.90 Å². The summed E-state index contributed by atoms with van der Waals surface area (Å²) in [5, 5.41) is 0. The predicted octanol–water partition coefficient (Wildman–Crippen LogP) is 4.22. The molecule has 0 saturated carbocycles. The molecule has 0 N–H and O–H groups in total. The molecule has 0 spiro atoms. The molecule has 4 rings (SSSR count).